The number of carbonyl (C=O) groups is 1. The van der Waals surface area contributed by atoms with E-state index in [9.17, 15) is 4.79 Å². The Morgan fingerprint density at radius 3 is 1.93 bits per heavy atom. The van der Waals surface area contributed by atoms with Crippen molar-refractivity contribution in [1.82, 2.24) is 15.3 Å². The Kier molecular flexibility index (Phi) is 8.56. The van der Waals surface area contributed by atoms with Crippen molar-refractivity contribution in [2.45, 2.75) is 6.54 Å². The lowest BCUT2D eigenvalue weighted by Gasteiger charge is -2.15. The summed E-state index contributed by atoms with van der Waals surface area (Å²) in [5.41, 5.74) is 4.67. The van der Waals surface area contributed by atoms with Crippen LogP contribution in [0.15, 0.2) is 60.7 Å². The summed E-state index contributed by atoms with van der Waals surface area (Å²) < 4.78 is 32.9. The molecule has 222 valence electrons. The number of para-hydroxylation sites is 1. The molecule has 0 saturated carbocycles. The summed E-state index contributed by atoms with van der Waals surface area (Å²) in [4.78, 5) is 21.3. The summed E-state index contributed by atoms with van der Waals surface area (Å²) in [6.07, 6.45) is 3.13. The molecule has 2 N–H and O–H groups in total. The van der Waals surface area contributed by atoms with Crippen molar-refractivity contribution in [2.24, 2.45) is 0 Å². The molecule has 0 radical (unpaired) electrons. The van der Waals surface area contributed by atoms with Crippen molar-refractivity contribution < 1.29 is 33.2 Å². The number of methoxy groups -OCH3 is 6. The van der Waals surface area contributed by atoms with Gasteiger partial charge in [0.25, 0.3) is 0 Å². The van der Waals surface area contributed by atoms with Gasteiger partial charge in [-0.3, -0.25) is 4.79 Å². The molecule has 5 aromatic rings. The highest BCUT2D eigenvalue weighted by atomic mass is 16.5. The summed E-state index contributed by atoms with van der Waals surface area (Å²) in [5.74, 6) is 2.70. The van der Waals surface area contributed by atoms with Gasteiger partial charge in [-0.05, 0) is 48.0 Å². The van der Waals surface area contributed by atoms with E-state index in [-0.39, 0.29) is 12.5 Å². The van der Waals surface area contributed by atoms with Gasteiger partial charge in [0.2, 0.25) is 17.4 Å². The maximum Gasteiger partial charge on any atom is 0.244 e. The molecule has 3 aromatic carbocycles. The summed E-state index contributed by atoms with van der Waals surface area (Å²) in [6, 6.07) is 17.3. The number of nitrogens with one attached hydrogen (secondary N) is 2. The molecule has 5 rings (SSSR count). The highest BCUT2D eigenvalue weighted by Crippen LogP contribution is 2.43. The molecule has 43 heavy (non-hydrogen) atoms. The Balaban J connectivity index is 1.49. The number of fused-ring (bicyclic) bond motifs is 3. The predicted octanol–water partition coefficient (Wildman–Crippen LogP) is 5.76. The Morgan fingerprint density at radius 1 is 0.767 bits per heavy atom. The van der Waals surface area contributed by atoms with E-state index in [1.165, 1.54) is 13.2 Å². The lowest BCUT2D eigenvalue weighted by molar-refractivity contribution is -0.116. The average Bonchev–Trinajstić information content (AvgIpc) is 3.43. The first-order chi connectivity index (χ1) is 20.9. The van der Waals surface area contributed by atoms with Crippen LogP contribution in [-0.2, 0) is 11.3 Å². The van der Waals surface area contributed by atoms with Crippen LogP contribution < -0.4 is 33.7 Å². The van der Waals surface area contributed by atoms with Crippen LogP contribution in [0.1, 0.15) is 11.3 Å². The summed E-state index contributed by atoms with van der Waals surface area (Å²) in [7, 11) is 9.34. The third-order valence-electron chi connectivity index (χ3n) is 7.05. The first-order valence-electron chi connectivity index (χ1n) is 13.4. The molecular formula is C33H33N3O7. The monoisotopic (exact) mass is 583 g/mol. The Morgan fingerprint density at radius 2 is 1.35 bits per heavy atom. The van der Waals surface area contributed by atoms with Gasteiger partial charge in [0, 0.05) is 27.9 Å². The molecule has 0 fully saturated rings. The quantitative estimate of drug-likeness (QED) is 0.189. The molecule has 10 nitrogen and oxygen atoms in total. The number of hydrogen-bond donors (Lipinski definition) is 2. The number of benzene rings is 3. The predicted molar refractivity (Wildman–Crippen MR) is 166 cm³/mol. The molecule has 1 amide bonds. The molecule has 2 heterocycles. The van der Waals surface area contributed by atoms with E-state index in [2.05, 4.69) is 16.4 Å². The maximum absolute atomic E-state index is 12.9. The van der Waals surface area contributed by atoms with E-state index in [0.29, 0.717) is 51.4 Å². The SMILES string of the molecule is COc1cc(/C=C/C(=O)NCc2cc3c([nH]c4ccccc43)c(-c3cc(OC)c(OC)c(OC)c3)n2)cc(OC)c1OC. The van der Waals surface area contributed by atoms with Crippen LogP contribution in [0.2, 0.25) is 0 Å². The summed E-state index contributed by atoms with van der Waals surface area (Å²) in [5, 5.41) is 4.96. The minimum Gasteiger partial charge on any atom is -0.493 e. The molecule has 0 unspecified atom stereocenters. The number of H-pyrrole nitrogens is 1. The zero-order valence-corrected chi connectivity index (χ0v) is 24.9. The topological polar surface area (TPSA) is 113 Å². The molecule has 0 saturated heterocycles. The van der Waals surface area contributed by atoms with Crippen LogP contribution in [0.25, 0.3) is 39.1 Å². The van der Waals surface area contributed by atoms with Gasteiger partial charge in [-0.1, -0.05) is 18.2 Å². The second-order valence-corrected chi connectivity index (χ2v) is 9.48. The summed E-state index contributed by atoms with van der Waals surface area (Å²) >= 11 is 0. The lowest BCUT2D eigenvalue weighted by atomic mass is 10.1. The maximum atomic E-state index is 12.9. The van der Waals surface area contributed by atoms with Gasteiger partial charge in [-0.25, -0.2) is 4.98 Å². The number of carbonyl (C=O) groups excluding carboxylic acids is 1. The van der Waals surface area contributed by atoms with Crippen molar-refractivity contribution in [3.8, 4) is 45.8 Å². The van der Waals surface area contributed by atoms with Crippen molar-refractivity contribution in [2.75, 3.05) is 42.7 Å². The molecule has 0 spiro atoms. The zero-order chi connectivity index (χ0) is 30.5. The number of hydrogen-bond acceptors (Lipinski definition) is 8. The molecule has 0 bridgehead atoms. The molecule has 0 atom stereocenters. The highest BCUT2D eigenvalue weighted by Gasteiger charge is 2.19. The van der Waals surface area contributed by atoms with Gasteiger partial charge >= 0.3 is 0 Å². The zero-order valence-electron chi connectivity index (χ0n) is 24.9. The van der Waals surface area contributed by atoms with Crippen LogP contribution in [-0.4, -0.2) is 58.5 Å². The van der Waals surface area contributed by atoms with E-state index >= 15 is 0 Å². The number of ether oxygens (including phenoxy) is 6. The molecule has 10 heteroatoms. The number of pyridine rings is 1. The van der Waals surface area contributed by atoms with Crippen LogP contribution >= 0.6 is 0 Å². The van der Waals surface area contributed by atoms with Gasteiger partial charge in [-0.15, -0.1) is 0 Å². The Labute approximate surface area is 249 Å². The first-order valence-corrected chi connectivity index (χ1v) is 13.4. The normalized spacial score (nSPS) is 11.1. The third kappa shape index (κ3) is 5.72. The highest BCUT2D eigenvalue weighted by molar-refractivity contribution is 6.11. The van der Waals surface area contributed by atoms with E-state index in [1.54, 1.807) is 53.8 Å². The van der Waals surface area contributed by atoms with Crippen LogP contribution in [0, 0.1) is 0 Å². The smallest absolute Gasteiger partial charge is 0.244 e. The minimum atomic E-state index is -0.288. The number of amides is 1. The minimum absolute atomic E-state index is 0.200. The van der Waals surface area contributed by atoms with E-state index in [4.69, 9.17) is 33.4 Å². The van der Waals surface area contributed by atoms with Gasteiger partial charge in [0.05, 0.1) is 66.1 Å². The number of nitrogens with zero attached hydrogens (tertiary/aromatic N) is 1. The fraction of sp³-hybridized carbons (Fsp3) is 0.212. The second kappa shape index (κ2) is 12.6. The largest absolute Gasteiger partial charge is 0.493 e. The van der Waals surface area contributed by atoms with Crippen molar-refractivity contribution >= 4 is 33.8 Å². The average molecular weight is 584 g/mol. The molecule has 2 aromatic heterocycles. The molecule has 0 aliphatic heterocycles. The Bertz CT molecular complexity index is 1780. The van der Waals surface area contributed by atoms with Crippen molar-refractivity contribution in [3.63, 3.8) is 0 Å². The standard InChI is InChI=1S/C33H33N3O7/c1-38-25-13-19(14-26(39-2)32(25)42-5)11-12-29(37)34-18-21-17-23-22-9-7-8-10-24(22)36-31(23)30(35-21)20-15-27(40-3)33(43-6)28(16-20)41-4/h7-17,36H,18H2,1-6H3,(H,34,37)/b12-11+. The molecular weight excluding hydrogens is 550 g/mol. The van der Waals surface area contributed by atoms with Gasteiger partial charge in [0.1, 0.15) is 0 Å². The number of aromatic amines is 1. The van der Waals surface area contributed by atoms with Gasteiger partial charge in [0.15, 0.2) is 23.0 Å². The molecule has 0 aliphatic carbocycles. The second-order valence-electron chi connectivity index (χ2n) is 9.48. The van der Waals surface area contributed by atoms with Gasteiger partial charge < -0.3 is 38.7 Å². The fourth-order valence-corrected chi connectivity index (χ4v) is 5.02. The lowest BCUT2D eigenvalue weighted by Crippen LogP contribution is -2.21. The fourth-order valence-electron chi connectivity index (χ4n) is 5.02. The van der Waals surface area contributed by atoms with Crippen LogP contribution in [0.5, 0.6) is 34.5 Å². The Hall–Kier alpha value is -5.38. The van der Waals surface area contributed by atoms with Crippen molar-refractivity contribution in [3.05, 3.63) is 71.9 Å². The third-order valence-corrected chi connectivity index (χ3v) is 7.05. The summed E-state index contributed by atoms with van der Waals surface area (Å²) in [6.45, 7) is 0.200. The van der Waals surface area contributed by atoms with Crippen LogP contribution in [0.4, 0.5) is 0 Å². The van der Waals surface area contributed by atoms with Gasteiger partial charge in [-0.2, -0.15) is 0 Å². The van der Waals surface area contributed by atoms with E-state index in [0.717, 1.165) is 27.4 Å². The van der Waals surface area contributed by atoms with Crippen LogP contribution in [0.3, 0.4) is 0 Å². The van der Waals surface area contributed by atoms with E-state index in [1.807, 2.05) is 36.4 Å². The van der Waals surface area contributed by atoms with E-state index < -0.39 is 0 Å². The number of rotatable bonds is 11. The first kappa shape index (κ1) is 29.1. The van der Waals surface area contributed by atoms with Crippen molar-refractivity contribution in [1.29, 1.82) is 0 Å². The number of aromatic nitrogens is 2. The molecule has 0 aliphatic rings.